The molecule has 1 aliphatic heterocycles. The highest BCUT2D eigenvalue weighted by atomic mass is 16.5. The van der Waals surface area contributed by atoms with E-state index >= 15 is 0 Å². The lowest BCUT2D eigenvalue weighted by molar-refractivity contribution is -0.0351. The Hall–Kier alpha value is -2.48. The molecule has 1 unspecified atom stereocenters. The zero-order valence-electron chi connectivity index (χ0n) is 13.9. The van der Waals surface area contributed by atoms with Crippen molar-refractivity contribution in [2.75, 3.05) is 19.7 Å². The number of nitrogens with zero attached hydrogens (tertiary/aromatic N) is 3. The summed E-state index contributed by atoms with van der Waals surface area (Å²) in [5.41, 5.74) is 0.723. The van der Waals surface area contributed by atoms with E-state index in [1.54, 1.807) is 17.9 Å². The Bertz CT molecular complexity index is 795. The fourth-order valence-corrected chi connectivity index (χ4v) is 2.58. The average Bonchev–Trinajstić information content (AvgIpc) is 3.03. The van der Waals surface area contributed by atoms with Gasteiger partial charge in [0.25, 0.3) is 5.91 Å². The van der Waals surface area contributed by atoms with Gasteiger partial charge in [-0.25, -0.2) is 0 Å². The zero-order valence-corrected chi connectivity index (χ0v) is 13.9. The summed E-state index contributed by atoms with van der Waals surface area (Å²) in [6.45, 7) is 6.80. The summed E-state index contributed by atoms with van der Waals surface area (Å²) in [6.07, 6.45) is -0.453. The molecular weight excluding hydrogens is 312 g/mol. The minimum absolute atomic E-state index is 0.131. The Morgan fingerprint density at radius 3 is 2.83 bits per heavy atom. The van der Waals surface area contributed by atoms with Crippen molar-refractivity contribution in [1.29, 1.82) is 0 Å². The van der Waals surface area contributed by atoms with Crippen LogP contribution in [0, 0.1) is 6.92 Å². The quantitative estimate of drug-likeness (QED) is 0.912. The molecule has 1 N–H and O–H groups in total. The Kier molecular flexibility index (Phi) is 4.48. The van der Waals surface area contributed by atoms with E-state index in [1.165, 1.54) is 6.07 Å². The Morgan fingerprint density at radius 2 is 2.17 bits per heavy atom. The van der Waals surface area contributed by atoms with Crippen molar-refractivity contribution in [2.24, 2.45) is 0 Å². The molecular formula is C16H20N4O4. The number of ether oxygens (including phenoxy) is 1. The second-order valence-electron chi connectivity index (χ2n) is 6.16. The summed E-state index contributed by atoms with van der Waals surface area (Å²) >= 11 is 0. The van der Waals surface area contributed by atoms with Crippen molar-refractivity contribution in [3.63, 3.8) is 0 Å². The van der Waals surface area contributed by atoms with E-state index in [4.69, 9.17) is 9.15 Å². The fraction of sp³-hybridized carbons (Fsp3) is 0.500. The third-order valence-corrected chi connectivity index (χ3v) is 3.81. The van der Waals surface area contributed by atoms with Crippen LogP contribution >= 0.6 is 0 Å². The maximum atomic E-state index is 12.6. The molecule has 0 saturated carbocycles. The minimum Gasteiger partial charge on any atom is -0.422 e. The van der Waals surface area contributed by atoms with Crippen molar-refractivity contribution in [1.82, 2.24) is 20.1 Å². The maximum absolute atomic E-state index is 12.6. The maximum Gasteiger partial charge on any atom is 0.254 e. The molecule has 3 heterocycles. The number of amides is 1. The van der Waals surface area contributed by atoms with Crippen LogP contribution < -0.4 is 5.56 Å². The van der Waals surface area contributed by atoms with Crippen molar-refractivity contribution in [3.05, 3.63) is 45.5 Å². The number of pyridine rings is 1. The number of rotatable bonds is 3. The van der Waals surface area contributed by atoms with Gasteiger partial charge >= 0.3 is 0 Å². The van der Waals surface area contributed by atoms with E-state index in [0.29, 0.717) is 42.7 Å². The monoisotopic (exact) mass is 332 g/mol. The number of aromatic amines is 1. The molecule has 2 aromatic rings. The van der Waals surface area contributed by atoms with Gasteiger partial charge in [-0.1, -0.05) is 13.8 Å². The molecule has 1 aliphatic rings. The van der Waals surface area contributed by atoms with Gasteiger partial charge in [0.1, 0.15) is 0 Å². The molecule has 1 fully saturated rings. The van der Waals surface area contributed by atoms with E-state index in [9.17, 15) is 9.59 Å². The lowest BCUT2D eigenvalue weighted by Gasteiger charge is -2.31. The molecule has 0 aromatic carbocycles. The van der Waals surface area contributed by atoms with Crippen LogP contribution in [0.15, 0.2) is 21.3 Å². The van der Waals surface area contributed by atoms with E-state index in [2.05, 4.69) is 15.2 Å². The first-order chi connectivity index (χ1) is 11.4. The largest absolute Gasteiger partial charge is 0.422 e. The highest BCUT2D eigenvalue weighted by molar-refractivity contribution is 5.94. The van der Waals surface area contributed by atoms with E-state index < -0.39 is 6.10 Å². The molecule has 0 radical (unpaired) electrons. The number of hydrogen-bond donors (Lipinski definition) is 1. The van der Waals surface area contributed by atoms with Gasteiger partial charge in [0.15, 0.2) is 6.10 Å². The fourth-order valence-electron chi connectivity index (χ4n) is 2.58. The van der Waals surface area contributed by atoms with Gasteiger partial charge in [-0.15, -0.1) is 10.2 Å². The topological polar surface area (TPSA) is 101 Å². The summed E-state index contributed by atoms with van der Waals surface area (Å²) < 4.78 is 11.3. The molecule has 1 saturated heterocycles. The summed E-state index contributed by atoms with van der Waals surface area (Å²) in [7, 11) is 0. The van der Waals surface area contributed by atoms with Crippen LogP contribution in [-0.2, 0) is 4.74 Å². The first-order valence-corrected chi connectivity index (χ1v) is 7.89. The number of aromatic nitrogens is 3. The Labute approximate surface area is 138 Å². The smallest absolute Gasteiger partial charge is 0.254 e. The molecule has 8 heteroatoms. The molecule has 0 bridgehead atoms. The molecule has 8 nitrogen and oxygen atoms in total. The van der Waals surface area contributed by atoms with Gasteiger partial charge in [-0.2, -0.15) is 0 Å². The first-order valence-electron chi connectivity index (χ1n) is 7.89. The number of hydrogen-bond acceptors (Lipinski definition) is 6. The predicted molar refractivity (Wildman–Crippen MR) is 84.8 cm³/mol. The molecule has 0 aliphatic carbocycles. The average molecular weight is 332 g/mol. The molecule has 3 rings (SSSR count). The molecule has 1 atom stereocenters. The number of carbonyl (C=O) groups is 1. The van der Waals surface area contributed by atoms with Crippen LogP contribution in [0.3, 0.4) is 0 Å². The molecule has 0 spiro atoms. The summed E-state index contributed by atoms with van der Waals surface area (Å²) in [5, 5.41) is 8.02. The van der Waals surface area contributed by atoms with Gasteiger partial charge in [0.2, 0.25) is 17.3 Å². The summed E-state index contributed by atoms with van der Waals surface area (Å²) in [4.78, 5) is 28.5. The lowest BCUT2D eigenvalue weighted by Crippen LogP contribution is -2.42. The van der Waals surface area contributed by atoms with Crippen LogP contribution in [0.25, 0.3) is 0 Å². The van der Waals surface area contributed by atoms with Crippen LogP contribution in [-0.4, -0.2) is 45.7 Å². The van der Waals surface area contributed by atoms with E-state index in [0.717, 1.165) is 0 Å². The second-order valence-corrected chi connectivity index (χ2v) is 6.16. The highest BCUT2D eigenvalue weighted by Gasteiger charge is 2.30. The third-order valence-electron chi connectivity index (χ3n) is 3.81. The number of nitrogens with one attached hydrogen (secondary N) is 1. The minimum atomic E-state index is -0.453. The molecule has 24 heavy (non-hydrogen) atoms. The van der Waals surface area contributed by atoms with E-state index in [1.807, 2.05) is 13.8 Å². The van der Waals surface area contributed by atoms with Crippen LogP contribution in [0.4, 0.5) is 0 Å². The van der Waals surface area contributed by atoms with Gasteiger partial charge in [0.05, 0.1) is 13.2 Å². The summed E-state index contributed by atoms with van der Waals surface area (Å²) in [6, 6.07) is 2.97. The second kappa shape index (κ2) is 6.56. The Balaban J connectivity index is 1.77. The van der Waals surface area contributed by atoms with Crippen molar-refractivity contribution >= 4 is 5.91 Å². The normalized spacial score (nSPS) is 18.2. The van der Waals surface area contributed by atoms with Crippen LogP contribution in [0.1, 0.15) is 53.7 Å². The Morgan fingerprint density at radius 1 is 1.38 bits per heavy atom. The van der Waals surface area contributed by atoms with E-state index in [-0.39, 0.29) is 17.4 Å². The van der Waals surface area contributed by atoms with Crippen LogP contribution in [0.5, 0.6) is 0 Å². The first kappa shape index (κ1) is 16.4. The van der Waals surface area contributed by atoms with Gasteiger partial charge in [-0.05, 0) is 13.0 Å². The SMILES string of the molecule is Cc1cc(C(=O)N2CCOC(c3nnc(C(C)C)o3)C2)cc(=O)[nH]1. The van der Waals surface area contributed by atoms with Crippen molar-refractivity contribution in [2.45, 2.75) is 32.8 Å². The van der Waals surface area contributed by atoms with Gasteiger partial charge in [0, 0.05) is 29.8 Å². The third kappa shape index (κ3) is 3.38. The number of H-pyrrole nitrogens is 1. The van der Waals surface area contributed by atoms with Gasteiger partial charge < -0.3 is 19.0 Å². The molecule has 128 valence electrons. The lowest BCUT2D eigenvalue weighted by atomic mass is 10.1. The molecule has 2 aromatic heterocycles. The number of aryl methyl sites for hydroxylation is 1. The summed E-state index contributed by atoms with van der Waals surface area (Å²) in [5.74, 6) is 0.841. The highest BCUT2D eigenvalue weighted by Crippen LogP contribution is 2.24. The molecule has 1 amide bonds. The van der Waals surface area contributed by atoms with Gasteiger partial charge in [-0.3, -0.25) is 9.59 Å². The van der Waals surface area contributed by atoms with Crippen molar-refractivity contribution < 1.29 is 13.9 Å². The van der Waals surface area contributed by atoms with Crippen molar-refractivity contribution in [3.8, 4) is 0 Å². The number of carbonyl (C=O) groups excluding carboxylic acids is 1. The standard InChI is InChI=1S/C16H20N4O4/c1-9(2)14-18-19-15(24-14)12-8-20(4-5-23-12)16(22)11-6-10(3)17-13(21)7-11/h6-7,9,12H,4-5,8H2,1-3H3,(H,17,21). The zero-order chi connectivity index (χ0) is 17.3. The van der Waals surface area contributed by atoms with Crippen LogP contribution in [0.2, 0.25) is 0 Å². The number of morpholine rings is 1. The predicted octanol–water partition coefficient (Wildman–Crippen LogP) is 1.40.